The Morgan fingerprint density at radius 1 is 1.10 bits per heavy atom. The summed E-state index contributed by atoms with van der Waals surface area (Å²) in [6.45, 7) is 1.34. The van der Waals surface area contributed by atoms with E-state index in [2.05, 4.69) is 25.6 Å². The number of halogens is 4. The van der Waals surface area contributed by atoms with E-state index in [0.717, 1.165) is 25.0 Å². The molecule has 1 aromatic rings. The summed E-state index contributed by atoms with van der Waals surface area (Å²) >= 11 is 3.39. The van der Waals surface area contributed by atoms with Crippen LogP contribution in [0.4, 0.5) is 13.2 Å². The molecule has 6 heteroatoms. The SMILES string of the molecule is FC(F)(F)COCCCN(CCBr)Cc1ccccc1. The number of hydrogen-bond acceptors (Lipinski definition) is 2. The predicted molar refractivity (Wildman–Crippen MR) is 77.0 cm³/mol. The van der Waals surface area contributed by atoms with Gasteiger partial charge in [0.1, 0.15) is 6.61 Å². The van der Waals surface area contributed by atoms with Crippen molar-refractivity contribution in [3.63, 3.8) is 0 Å². The van der Waals surface area contributed by atoms with Crippen molar-refractivity contribution in [2.45, 2.75) is 19.1 Å². The van der Waals surface area contributed by atoms with Gasteiger partial charge in [0.2, 0.25) is 0 Å². The van der Waals surface area contributed by atoms with Crippen molar-refractivity contribution in [3.8, 4) is 0 Å². The third-order valence-electron chi connectivity index (χ3n) is 2.68. The second kappa shape index (κ2) is 9.37. The zero-order chi connectivity index (χ0) is 14.8. The maximum absolute atomic E-state index is 11.9. The first-order valence-electron chi connectivity index (χ1n) is 6.48. The van der Waals surface area contributed by atoms with Gasteiger partial charge < -0.3 is 4.74 Å². The Labute approximate surface area is 126 Å². The molecule has 0 aliphatic heterocycles. The Kier molecular flexibility index (Phi) is 8.18. The van der Waals surface area contributed by atoms with Crippen molar-refractivity contribution in [2.24, 2.45) is 0 Å². The molecule has 0 unspecified atom stereocenters. The first-order chi connectivity index (χ1) is 9.51. The van der Waals surface area contributed by atoms with E-state index in [1.54, 1.807) is 0 Å². The molecule has 2 nitrogen and oxygen atoms in total. The minimum absolute atomic E-state index is 0.132. The Bertz CT molecular complexity index is 359. The van der Waals surface area contributed by atoms with E-state index in [0.29, 0.717) is 6.42 Å². The largest absolute Gasteiger partial charge is 0.411 e. The number of nitrogens with zero attached hydrogens (tertiary/aromatic N) is 1. The monoisotopic (exact) mass is 353 g/mol. The molecule has 0 bridgehead atoms. The van der Waals surface area contributed by atoms with E-state index < -0.39 is 12.8 Å². The van der Waals surface area contributed by atoms with Crippen LogP contribution in [0.3, 0.4) is 0 Å². The fourth-order valence-electron chi connectivity index (χ4n) is 1.81. The Balaban J connectivity index is 2.25. The molecule has 0 spiro atoms. The third kappa shape index (κ3) is 8.55. The lowest BCUT2D eigenvalue weighted by Crippen LogP contribution is -2.27. The van der Waals surface area contributed by atoms with Crippen LogP contribution in [-0.2, 0) is 11.3 Å². The molecule has 1 rings (SSSR count). The molecule has 0 aromatic heterocycles. The van der Waals surface area contributed by atoms with E-state index in [-0.39, 0.29) is 6.61 Å². The van der Waals surface area contributed by atoms with Gasteiger partial charge in [-0.2, -0.15) is 13.2 Å². The summed E-state index contributed by atoms with van der Waals surface area (Å²) in [6.07, 6.45) is -3.64. The number of hydrogen-bond donors (Lipinski definition) is 0. The van der Waals surface area contributed by atoms with E-state index in [1.165, 1.54) is 5.56 Å². The Hall–Kier alpha value is -0.590. The van der Waals surface area contributed by atoms with Crippen LogP contribution in [0.5, 0.6) is 0 Å². The number of rotatable bonds is 9. The van der Waals surface area contributed by atoms with Crippen molar-refractivity contribution < 1.29 is 17.9 Å². The lowest BCUT2D eigenvalue weighted by molar-refractivity contribution is -0.174. The number of benzene rings is 1. The summed E-state index contributed by atoms with van der Waals surface area (Å²) in [5.74, 6) is 0. The normalized spacial score (nSPS) is 12.1. The van der Waals surface area contributed by atoms with Crippen molar-refractivity contribution in [1.82, 2.24) is 4.90 Å². The molecule has 0 aliphatic carbocycles. The molecule has 0 radical (unpaired) electrons. The zero-order valence-electron chi connectivity index (χ0n) is 11.2. The number of alkyl halides is 4. The van der Waals surface area contributed by atoms with E-state index >= 15 is 0 Å². The van der Waals surface area contributed by atoms with Crippen LogP contribution in [0.1, 0.15) is 12.0 Å². The maximum Gasteiger partial charge on any atom is 0.411 e. The predicted octanol–water partition coefficient (Wildman–Crippen LogP) is 3.85. The Morgan fingerprint density at radius 2 is 1.80 bits per heavy atom. The third-order valence-corrected chi connectivity index (χ3v) is 3.03. The van der Waals surface area contributed by atoms with Crippen molar-refractivity contribution >= 4 is 15.9 Å². The van der Waals surface area contributed by atoms with Gasteiger partial charge in [-0.05, 0) is 12.0 Å². The van der Waals surface area contributed by atoms with Crippen LogP contribution < -0.4 is 0 Å². The first-order valence-corrected chi connectivity index (χ1v) is 7.60. The van der Waals surface area contributed by atoms with E-state index in [4.69, 9.17) is 0 Å². The molecule has 0 saturated carbocycles. The van der Waals surface area contributed by atoms with Gasteiger partial charge in [-0.1, -0.05) is 46.3 Å². The van der Waals surface area contributed by atoms with Crippen LogP contribution in [0.25, 0.3) is 0 Å². The molecule has 0 atom stereocenters. The Morgan fingerprint density at radius 3 is 2.40 bits per heavy atom. The zero-order valence-corrected chi connectivity index (χ0v) is 12.8. The minimum atomic E-state index is -4.24. The average molecular weight is 354 g/mol. The summed E-state index contributed by atoms with van der Waals surface area (Å²) in [4.78, 5) is 2.20. The molecule has 1 aromatic carbocycles. The van der Waals surface area contributed by atoms with Crippen LogP contribution in [0, 0.1) is 0 Å². The van der Waals surface area contributed by atoms with Crippen LogP contribution in [0.2, 0.25) is 0 Å². The van der Waals surface area contributed by atoms with Gasteiger partial charge >= 0.3 is 6.18 Å². The number of ether oxygens (including phenoxy) is 1. The van der Waals surface area contributed by atoms with Gasteiger partial charge in [0.15, 0.2) is 0 Å². The van der Waals surface area contributed by atoms with Gasteiger partial charge in [0, 0.05) is 31.6 Å². The lowest BCUT2D eigenvalue weighted by atomic mass is 10.2. The molecule has 20 heavy (non-hydrogen) atoms. The smallest absolute Gasteiger partial charge is 0.372 e. The lowest BCUT2D eigenvalue weighted by Gasteiger charge is -2.21. The van der Waals surface area contributed by atoms with Crippen LogP contribution >= 0.6 is 15.9 Å². The van der Waals surface area contributed by atoms with E-state index in [1.807, 2.05) is 30.3 Å². The maximum atomic E-state index is 11.9. The van der Waals surface area contributed by atoms with Gasteiger partial charge in [-0.15, -0.1) is 0 Å². The second-order valence-electron chi connectivity index (χ2n) is 4.47. The topological polar surface area (TPSA) is 12.5 Å². The van der Waals surface area contributed by atoms with Gasteiger partial charge in [0.25, 0.3) is 0 Å². The molecule has 0 N–H and O–H groups in total. The summed E-state index contributed by atoms with van der Waals surface area (Å²) in [5.41, 5.74) is 1.20. The molecule has 114 valence electrons. The second-order valence-corrected chi connectivity index (χ2v) is 5.27. The van der Waals surface area contributed by atoms with Gasteiger partial charge in [0.05, 0.1) is 0 Å². The molecule has 0 aliphatic rings. The highest BCUT2D eigenvalue weighted by Gasteiger charge is 2.27. The summed E-state index contributed by atoms with van der Waals surface area (Å²) in [6, 6.07) is 10.0. The van der Waals surface area contributed by atoms with Crippen molar-refractivity contribution in [1.29, 1.82) is 0 Å². The highest BCUT2D eigenvalue weighted by Crippen LogP contribution is 2.14. The fraction of sp³-hybridized carbons (Fsp3) is 0.571. The molecular formula is C14H19BrF3NO. The van der Waals surface area contributed by atoms with Crippen molar-refractivity contribution in [3.05, 3.63) is 35.9 Å². The standard InChI is InChI=1S/C14H19BrF3NO/c15-7-9-19(11-13-5-2-1-3-6-13)8-4-10-20-12-14(16,17)18/h1-3,5-6H,4,7-12H2. The summed E-state index contributed by atoms with van der Waals surface area (Å²) < 4.78 is 40.3. The van der Waals surface area contributed by atoms with Crippen molar-refractivity contribution in [2.75, 3.05) is 31.6 Å². The quantitative estimate of drug-likeness (QED) is 0.493. The highest BCUT2D eigenvalue weighted by molar-refractivity contribution is 9.09. The molecule has 0 saturated heterocycles. The minimum Gasteiger partial charge on any atom is -0.372 e. The highest BCUT2D eigenvalue weighted by atomic mass is 79.9. The summed E-state index contributed by atoms with van der Waals surface area (Å²) in [7, 11) is 0. The first kappa shape index (κ1) is 17.5. The van der Waals surface area contributed by atoms with Gasteiger partial charge in [-0.25, -0.2) is 0 Å². The summed E-state index contributed by atoms with van der Waals surface area (Å²) in [5, 5.41) is 0.837. The van der Waals surface area contributed by atoms with E-state index in [9.17, 15) is 13.2 Å². The van der Waals surface area contributed by atoms with Crippen LogP contribution in [-0.4, -0.2) is 42.7 Å². The van der Waals surface area contributed by atoms with Gasteiger partial charge in [-0.3, -0.25) is 4.90 Å². The molecule has 0 amide bonds. The van der Waals surface area contributed by atoms with Crippen LogP contribution in [0.15, 0.2) is 30.3 Å². The average Bonchev–Trinajstić information content (AvgIpc) is 2.38. The molecule has 0 fully saturated rings. The molecule has 0 heterocycles. The molecular weight excluding hydrogens is 335 g/mol. The fourth-order valence-corrected chi connectivity index (χ4v) is 2.31.